The normalized spacial score (nSPS) is 14.6. The number of ether oxygens (including phenoxy) is 1. The van der Waals surface area contributed by atoms with E-state index in [-0.39, 0.29) is 23.8 Å². The molecule has 1 aliphatic rings. The number of fused-ring (bicyclic) bond motifs is 1. The maximum absolute atomic E-state index is 13.3. The number of esters is 1. The second-order valence-corrected chi connectivity index (χ2v) is 8.60. The van der Waals surface area contributed by atoms with Crippen molar-refractivity contribution in [3.8, 4) is 0 Å². The lowest BCUT2D eigenvalue weighted by atomic mass is 10.1. The largest absolute Gasteiger partial charge is 0.460 e. The molecule has 4 aromatic rings. The molecule has 1 aromatic heterocycles. The van der Waals surface area contributed by atoms with E-state index in [0.29, 0.717) is 27.6 Å². The third-order valence-corrected chi connectivity index (χ3v) is 6.94. The fourth-order valence-corrected chi connectivity index (χ4v) is 5.57. The molecule has 0 spiro atoms. The van der Waals surface area contributed by atoms with Gasteiger partial charge in [0.05, 0.1) is 23.7 Å². The Balaban J connectivity index is 1.70. The van der Waals surface area contributed by atoms with Gasteiger partial charge in [-0.15, -0.1) is 0 Å². The SMILES string of the molecule is CCOC(=O)c1oc2ccccc2c1CN1c2cccc3cccc(c23)S1(=O)=O. The summed E-state index contributed by atoms with van der Waals surface area (Å²) >= 11 is 0. The van der Waals surface area contributed by atoms with E-state index in [1.165, 1.54) is 4.31 Å². The van der Waals surface area contributed by atoms with Crippen LogP contribution in [0.1, 0.15) is 23.0 Å². The highest BCUT2D eigenvalue weighted by Crippen LogP contribution is 2.43. The number of para-hydroxylation sites is 1. The first kappa shape index (κ1) is 17.8. The predicted molar refractivity (Wildman–Crippen MR) is 109 cm³/mol. The molecule has 6 nitrogen and oxygen atoms in total. The van der Waals surface area contributed by atoms with Crippen LogP contribution < -0.4 is 4.31 Å². The van der Waals surface area contributed by atoms with Gasteiger partial charge in [0, 0.05) is 16.3 Å². The van der Waals surface area contributed by atoms with Crippen molar-refractivity contribution < 1.29 is 22.4 Å². The highest BCUT2D eigenvalue weighted by molar-refractivity contribution is 7.93. The summed E-state index contributed by atoms with van der Waals surface area (Å²) in [5.74, 6) is -0.572. The highest BCUT2D eigenvalue weighted by Gasteiger charge is 2.37. The smallest absolute Gasteiger partial charge is 0.374 e. The molecule has 0 radical (unpaired) electrons. The van der Waals surface area contributed by atoms with Crippen LogP contribution >= 0.6 is 0 Å². The molecule has 3 aromatic carbocycles. The fraction of sp³-hybridized carbons (Fsp3) is 0.136. The van der Waals surface area contributed by atoms with Crippen molar-refractivity contribution >= 4 is 43.4 Å². The zero-order valence-electron chi connectivity index (χ0n) is 15.6. The number of benzene rings is 3. The average molecular weight is 407 g/mol. The molecule has 146 valence electrons. The zero-order valence-corrected chi connectivity index (χ0v) is 16.4. The standard InChI is InChI=1S/C22H17NO5S/c1-2-27-22(24)21-16(15-9-3-4-11-18(15)28-21)13-23-17-10-5-7-14-8-6-12-19(20(14)17)29(23,25)26/h3-12H,2,13H2,1H3. The van der Waals surface area contributed by atoms with E-state index in [1.54, 1.807) is 37.3 Å². The summed E-state index contributed by atoms with van der Waals surface area (Å²) in [6.07, 6.45) is 0. The predicted octanol–water partition coefficient (Wildman–Crippen LogP) is 4.47. The molecule has 0 atom stereocenters. The quantitative estimate of drug-likeness (QED) is 0.467. The van der Waals surface area contributed by atoms with Gasteiger partial charge in [0.25, 0.3) is 10.0 Å². The second-order valence-electron chi connectivity index (χ2n) is 6.77. The molecule has 0 fully saturated rings. The third-order valence-electron chi connectivity index (χ3n) is 5.14. The van der Waals surface area contributed by atoms with Crippen molar-refractivity contribution in [2.75, 3.05) is 10.9 Å². The van der Waals surface area contributed by atoms with Gasteiger partial charge in [-0.2, -0.15) is 0 Å². The van der Waals surface area contributed by atoms with Gasteiger partial charge in [-0.25, -0.2) is 13.2 Å². The van der Waals surface area contributed by atoms with Crippen molar-refractivity contribution in [3.63, 3.8) is 0 Å². The molecule has 2 heterocycles. The van der Waals surface area contributed by atoms with Crippen LogP contribution in [0, 0.1) is 0 Å². The third kappa shape index (κ3) is 2.54. The van der Waals surface area contributed by atoms with Crippen LogP contribution in [0.2, 0.25) is 0 Å². The van der Waals surface area contributed by atoms with Crippen LogP contribution in [0.15, 0.2) is 70.0 Å². The van der Waals surface area contributed by atoms with E-state index in [4.69, 9.17) is 9.15 Å². The summed E-state index contributed by atoms with van der Waals surface area (Å²) < 4.78 is 38.8. The van der Waals surface area contributed by atoms with Crippen LogP contribution in [0.4, 0.5) is 5.69 Å². The topological polar surface area (TPSA) is 76.8 Å². The molecular formula is C22H17NO5S. The second kappa shape index (κ2) is 6.35. The molecule has 0 aliphatic carbocycles. The first-order valence-corrected chi connectivity index (χ1v) is 10.7. The molecular weight excluding hydrogens is 390 g/mol. The van der Waals surface area contributed by atoms with Crippen molar-refractivity contribution in [1.82, 2.24) is 0 Å². The number of sulfonamides is 1. The number of hydrogen-bond donors (Lipinski definition) is 0. The molecule has 7 heteroatoms. The van der Waals surface area contributed by atoms with Crippen LogP contribution in [0.5, 0.6) is 0 Å². The number of hydrogen-bond acceptors (Lipinski definition) is 5. The summed E-state index contributed by atoms with van der Waals surface area (Å²) in [7, 11) is -3.76. The molecule has 0 unspecified atom stereocenters. The van der Waals surface area contributed by atoms with Gasteiger partial charge in [0.15, 0.2) is 0 Å². The Hall–Kier alpha value is -3.32. The van der Waals surface area contributed by atoms with Crippen molar-refractivity contribution in [2.24, 2.45) is 0 Å². The Bertz CT molecular complexity index is 1380. The number of carbonyl (C=O) groups excluding carboxylic acids is 1. The summed E-state index contributed by atoms with van der Waals surface area (Å²) in [4.78, 5) is 12.8. The van der Waals surface area contributed by atoms with Crippen molar-refractivity contribution in [2.45, 2.75) is 18.4 Å². The number of anilines is 1. The first-order chi connectivity index (χ1) is 14.0. The fourth-order valence-electron chi connectivity index (χ4n) is 3.89. The number of nitrogens with zero attached hydrogens (tertiary/aromatic N) is 1. The Kier molecular flexibility index (Phi) is 3.89. The first-order valence-electron chi connectivity index (χ1n) is 9.24. The van der Waals surface area contributed by atoms with E-state index in [0.717, 1.165) is 5.39 Å². The Morgan fingerprint density at radius 2 is 1.79 bits per heavy atom. The lowest BCUT2D eigenvalue weighted by Crippen LogP contribution is -2.27. The lowest BCUT2D eigenvalue weighted by Gasteiger charge is -2.19. The molecule has 0 amide bonds. The number of carbonyl (C=O) groups is 1. The van der Waals surface area contributed by atoms with Gasteiger partial charge >= 0.3 is 5.97 Å². The molecule has 0 N–H and O–H groups in total. The van der Waals surface area contributed by atoms with Gasteiger partial charge in [-0.1, -0.05) is 42.5 Å². The van der Waals surface area contributed by atoms with E-state index in [9.17, 15) is 13.2 Å². The number of furan rings is 1. The minimum atomic E-state index is -3.76. The molecule has 5 rings (SSSR count). The van der Waals surface area contributed by atoms with Crippen molar-refractivity contribution in [3.05, 3.63) is 72.0 Å². The summed E-state index contributed by atoms with van der Waals surface area (Å²) in [6, 6.07) is 17.9. The van der Waals surface area contributed by atoms with Crippen LogP contribution in [0.3, 0.4) is 0 Å². The van der Waals surface area contributed by atoms with E-state index in [2.05, 4.69) is 0 Å². The molecule has 0 bridgehead atoms. The van der Waals surface area contributed by atoms with Crippen LogP contribution in [-0.2, 0) is 21.3 Å². The van der Waals surface area contributed by atoms with E-state index >= 15 is 0 Å². The molecule has 29 heavy (non-hydrogen) atoms. The van der Waals surface area contributed by atoms with Gasteiger partial charge < -0.3 is 9.15 Å². The lowest BCUT2D eigenvalue weighted by molar-refractivity contribution is 0.0491. The van der Waals surface area contributed by atoms with Crippen LogP contribution in [0.25, 0.3) is 21.7 Å². The minimum Gasteiger partial charge on any atom is -0.460 e. The summed E-state index contributed by atoms with van der Waals surface area (Å²) in [5, 5.41) is 2.24. The Morgan fingerprint density at radius 3 is 2.59 bits per heavy atom. The van der Waals surface area contributed by atoms with Gasteiger partial charge in [-0.3, -0.25) is 4.31 Å². The van der Waals surface area contributed by atoms with E-state index in [1.807, 2.05) is 30.3 Å². The van der Waals surface area contributed by atoms with Gasteiger partial charge in [0.1, 0.15) is 5.58 Å². The minimum absolute atomic E-state index is 0.0265. The summed E-state index contributed by atoms with van der Waals surface area (Å²) in [5.41, 5.74) is 1.60. The monoisotopic (exact) mass is 407 g/mol. The average Bonchev–Trinajstić information content (AvgIpc) is 3.19. The maximum Gasteiger partial charge on any atom is 0.374 e. The molecule has 0 saturated heterocycles. The maximum atomic E-state index is 13.3. The van der Waals surface area contributed by atoms with Gasteiger partial charge in [0.2, 0.25) is 5.76 Å². The van der Waals surface area contributed by atoms with Gasteiger partial charge in [-0.05, 0) is 30.5 Å². The molecule has 0 saturated carbocycles. The van der Waals surface area contributed by atoms with Crippen LogP contribution in [-0.4, -0.2) is 21.0 Å². The summed E-state index contributed by atoms with van der Waals surface area (Å²) in [6.45, 7) is 1.88. The highest BCUT2D eigenvalue weighted by atomic mass is 32.2. The molecule has 1 aliphatic heterocycles. The number of rotatable bonds is 4. The Morgan fingerprint density at radius 1 is 1.03 bits per heavy atom. The van der Waals surface area contributed by atoms with Crippen molar-refractivity contribution in [1.29, 1.82) is 0 Å². The zero-order chi connectivity index (χ0) is 20.2. The Labute approximate surface area is 167 Å². The van der Waals surface area contributed by atoms with E-state index < -0.39 is 16.0 Å².